The Bertz CT molecular complexity index is 885. The Balaban J connectivity index is 2.27. The molecule has 1 aromatic heterocycles. The normalized spacial score (nSPS) is 11.8. The molecule has 2 rings (SSSR count). The molecule has 28 heavy (non-hydrogen) atoms. The second-order valence-electron chi connectivity index (χ2n) is 8.20. The molecule has 0 fully saturated rings. The molecule has 1 N–H and O–H groups in total. The molecular weight excluding hydrogens is 428 g/mol. The molecule has 0 unspecified atom stereocenters. The fourth-order valence-electron chi connectivity index (χ4n) is 2.23. The molecule has 1 amide bonds. The average Bonchev–Trinajstić information content (AvgIpc) is 2.50. The number of rotatable bonds is 3. The topological polar surface area (TPSA) is 86.8 Å². The molecule has 1 heterocycles. The number of hydrogen-bond acceptors (Lipinski definition) is 6. The first-order valence-corrected chi connectivity index (χ1v) is 9.58. The van der Waals surface area contributed by atoms with Gasteiger partial charge < -0.3 is 19.5 Å². The van der Waals surface area contributed by atoms with Gasteiger partial charge in [-0.1, -0.05) is 15.9 Å². The first-order chi connectivity index (χ1) is 12.8. The van der Waals surface area contributed by atoms with Crippen molar-refractivity contribution in [3.63, 3.8) is 0 Å². The van der Waals surface area contributed by atoms with Crippen molar-refractivity contribution >= 4 is 39.1 Å². The summed E-state index contributed by atoms with van der Waals surface area (Å²) >= 11 is 3.40. The summed E-state index contributed by atoms with van der Waals surface area (Å²) in [7, 11) is 0. The van der Waals surface area contributed by atoms with Gasteiger partial charge in [0.2, 0.25) is 0 Å². The van der Waals surface area contributed by atoms with Crippen LogP contribution in [-0.2, 0) is 16.0 Å². The Labute approximate surface area is 172 Å². The zero-order valence-electron chi connectivity index (χ0n) is 16.9. The number of halogens is 1. The number of carbonyl (C=O) groups excluding carboxylic acids is 2. The van der Waals surface area contributed by atoms with Gasteiger partial charge in [-0.15, -0.1) is 0 Å². The second kappa shape index (κ2) is 8.34. The van der Waals surface area contributed by atoms with Gasteiger partial charge in [-0.25, -0.2) is 9.59 Å². The first-order valence-electron chi connectivity index (χ1n) is 8.79. The number of hydrogen-bond donors (Lipinski definition) is 1. The SMILES string of the molecule is CC(C)(C)OC(=O)NCc1cc(OC(=O)OC(C)(C)C)c2cc(Br)ccc2n1. The highest BCUT2D eigenvalue weighted by Crippen LogP contribution is 2.29. The molecule has 0 saturated carbocycles. The van der Waals surface area contributed by atoms with Crippen LogP contribution >= 0.6 is 15.9 Å². The molecule has 0 saturated heterocycles. The largest absolute Gasteiger partial charge is 0.514 e. The highest BCUT2D eigenvalue weighted by Gasteiger charge is 2.20. The molecule has 0 bridgehead atoms. The molecule has 152 valence electrons. The number of carbonyl (C=O) groups is 2. The number of ether oxygens (including phenoxy) is 3. The number of amides is 1. The predicted molar refractivity (Wildman–Crippen MR) is 109 cm³/mol. The summed E-state index contributed by atoms with van der Waals surface area (Å²) in [6, 6.07) is 7.01. The first kappa shape index (κ1) is 21.9. The van der Waals surface area contributed by atoms with Gasteiger partial charge in [0.15, 0.2) is 0 Å². The van der Waals surface area contributed by atoms with Gasteiger partial charge in [0, 0.05) is 15.9 Å². The quantitative estimate of drug-likeness (QED) is 0.632. The van der Waals surface area contributed by atoms with E-state index < -0.39 is 23.5 Å². The molecule has 0 aliphatic heterocycles. The molecule has 0 aliphatic carbocycles. The van der Waals surface area contributed by atoms with E-state index in [1.54, 1.807) is 59.7 Å². The van der Waals surface area contributed by atoms with Gasteiger partial charge in [0.05, 0.1) is 17.8 Å². The Morgan fingerprint density at radius 1 is 1.04 bits per heavy atom. The molecule has 2 aromatic rings. The molecule has 0 spiro atoms. The number of pyridine rings is 1. The summed E-state index contributed by atoms with van der Waals surface area (Å²) < 4.78 is 16.7. The van der Waals surface area contributed by atoms with Gasteiger partial charge in [-0.2, -0.15) is 0 Å². The maximum absolute atomic E-state index is 12.1. The van der Waals surface area contributed by atoms with Crippen molar-refractivity contribution in [2.24, 2.45) is 0 Å². The minimum atomic E-state index is -0.814. The van der Waals surface area contributed by atoms with Crippen LogP contribution in [-0.4, -0.2) is 28.4 Å². The van der Waals surface area contributed by atoms with Gasteiger partial charge in [0.25, 0.3) is 0 Å². The van der Waals surface area contributed by atoms with E-state index in [0.29, 0.717) is 22.3 Å². The second-order valence-corrected chi connectivity index (χ2v) is 9.11. The molecule has 1 aromatic carbocycles. The summed E-state index contributed by atoms with van der Waals surface area (Å²) in [6.45, 7) is 10.7. The number of nitrogens with zero attached hydrogens (tertiary/aromatic N) is 1. The van der Waals surface area contributed by atoms with Crippen LogP contribution in [0.15, 0.2) is 28.7 Å². The van der Waals surface area contributed by atoms with Gasteiger partial charge >= 0.3 is 12.2 Å². The van der Waals surface area contributed by atoms with Gasteiger partial charge in [-0.3, -0.25) is 4.98 Å². The van der Waals surface area contributed by atoms with Crippen molar-refractivity contribution in [2.45, 2.75) is 59.3 Å². The average molecular weight is 453 g/mol. The van der Waals surface area contributed by atoms with Crippen molar-refractivity contribution in [3.8, 4) is 5.75 Å². The number of benzene rings is 1. The smallest absolute Gasteiger partial charge is 0.444 e. The van der Waals surface area contributed by atoms with Crippen molar-refractivity contribution in [3.05, 3.63) is 34.4 Å². The molecule has 0 radical (unpaired) electrons. The van der Waals surface area contributed by atoms with Gasteiger partial charge in [-0.05, 0) is 59.7 Å². The van der Waals surface area contributed by atoms with Crippen molar-refractivity contribution in [1.82, 2.24) is 10.3 Å². The predicted octanol–water partition coefficient (Wildman–Crippen LogP) is 5.34. The van der Waals surface area contributed by atoms with Crippen LogP contribution in [0.4, 0.5) is 9.59 Å². The van der Waals surface area contributed by atoms with Crippen LogP contribution in [0.3, 0.4) is 0 Å². The molecule has 0 aliphatic rings. The third kappa shape index (κ3) is 6.99. The van der Waals surface area contributed by atoms with E-state index in [2.05, 4.69) is 26.2 Å². The molecule has 7 nitrogen and oxygen atoms in total. The Morgan fingerprint density at radius 3 is 2.29 bits per heavy atom. The molecular formula is C20H25BrN2O5. The lowest BCUT2D eigenvalue weighted by Crippen LogP contribution is -2.32. The van der Waals surface area contributed by atoms with Crippen molar-refractivity contribution in [2.75, 3.05) is 0 Å². The van der Waals surface area contributed by atoms with E-state index in [1.807, 2.05) is 6.07 Å². The number of alkyl carbamates (subject to hydrolysis) is 1. The van der Waals surface area contributed by atoms with E-state index in [-0.39, 0.29) is 6.54 Å². The van der Waals surface area contributed by atoms with Crippen LogP contribution in [0.1, 0.15) is 47.2 Å². The highest BCUT2D eigenvalue weighted by molar-refractivity contribution is 9.10. The number of aromatic nitrogens is 1. The lowest BCUT2D eigenvalue weighted by molar-refractivity contribution is 0.0208. The van der Waals surface area contributed by atoms with Crippen molar-refractivity contribution < 1.29 is 23.8 Å². The summed E-state index contributed by atoms with van der Waals surface area (Å²) in [5.74, 6) is 0.293. The van der Waals surface area contributed by atoms with E-state index in [9.17, 15) is 9.59 Å². The minimum Gasteiger partial charge on any atom is -0.444 e. The standard InChI is InChI=1S/C20H25BrN2O5/c1-19(2,3)27-17(24)22-11-13-10-16(26-18(25)28-20(4,5)6)14-9-12(21)7-8-15(14)23-13/h7-10H,11H2,1-6H3,(H,22,24). The minimum absolute atomic E-state index is 0.117. The Morgan fingerprint density at radius 2 is 1.68 bits per heavy atom. The number of nitrogens with one attached hydrogen (secondary N) is 1. The third-order valence-corrected chi connectivity index (χ3v) is 3.67. The summed E-state index contributed by atoms with van der Waals surface area (Å²) in [4.78, 5) is 28.5. The van der Waals surface area contributed by atoms with Crippen LogP contribution in [0.5, 0.6) is 5.75 Å². The fourth-order valence-corrected chi connectivity index (χ4v) is 2.59. The van der Waals surface area contributed by atoms with E-state index in [0.717, 1.165) is 4.47 Å². The van der Waals surface area contributed by atoms with Crippen LogP contribution in [0.25, 0.3) is 10.9 Å². The molecule has 0 atom stereocenters. The van der Waals surface area contributed by atoms with Crippen molar-refractivity contribution in [1.29, 1.82) is 0 Å². The third-order valence-electron chi connectivity index (χ3n) is 3.18. The number of fused-ring (bicyclic) bond motifs is 1. The van der Waals surface area contributed by atoms with E-state index in [1.165, 1.54) is 0 Å². The summed E-state index contributed by atoms with van der Waals surface area (Å²) in [5, 5.41) is 3.29. The lowest BCUT2D eigenvalue weighted by atomic mass is 10.2. The lowest BCUT2D eigenvalue weighted by Gasteiger charge is -2.20. The van der Waals surface area contributed by atoms with Crippen LogP contribution in [0, 0.1) is 0 Å². The van der Waals surface area contributed by atoms with Crippen LogP contribution in [0.2, 0.25) is 0 Å². The van der Waals surface area contributed by atoms with Crippen LogP contribution < -0.4 is 10.1 Å². The van der Waals surface area contributed by atoms with Gasteiger partial charge in [0.1, 0.15) is 17.0 Å². The Kier molecular flexibility index (Phi) is 6.54. The molecule has 8 heteroatoms. The highest BCUT2D eigenvalue weighted by atomic mass is 79.9. The fraction of sp³-hybridized carbons (Fsp3) is 0.450. The zero-order valence-corrected chi connectivity index (χ0v) is 18.5. The zero-order chi connectivity index (χ0) is 21.1. The maximum atomic E-state index is 12.1. The maximum Gasteiger partial charge on any atom is 0.514 e. The summed E-state index contributed by atoms with van der Waals surface area (Å²) in [6.07, 6.45) is -1.37. The van der Waals surface area contributed by atoms with E-state index in [4.69, 9.17) is 14.2 Å². The monoisotopic (exact) mass is 452 g/mol. The summed E-state index contributed by atoms with van der Waals surface area (Å²) in [5.41, 5.74) is -0.149. The van der Waals surface area contributed by atoms with E-state index >= 15 is 0 Å². The Hall–Kier alpha value is -2.35.